The number of aryl methyl sites for hydroxylation is 1. The summed E-state index contributed by atoms with van der Waals surface area (Å²) in [4.78, 5) is 15.3. The van der Waals surface area contributed by atoms with Crippen LogP contribution in [0.2, 0.25) is 0 Å². The lowest BCUT2D eigenvalue weighted by atomic mass is 10.2. The van der Waals surface area contributed by atoms with Gasteiger partial charge in [0, 0.05) is 32.5 Å². The minimum atomic E-state index is -5.08. The molecule has 2 aliphatic rings. The van der Waals surface area contributed by atoms with Crippen molar-refractivity contribution in [3.63, 3.8) is 0 Å². The minimum absolute atomic E-state index is 0.0420. The molecule has 2 aromatic heterocycles. The number of fused-ring (bicyclic) bond motifs is 1. The smallest absolute Gasteiger partial charge is 0.475 e. The number of carbonyl (C=O) groups is 1. The Labute approximate surface area is 176 Å². The summed E-state index contributed by atoms with van der Waals surface area (Å²) in [6.45, 7) is 3.78. The largest absolute Gasteiger partial charge is 0.490 e. The van der Waals surface area contributed by atoms with Crippen LogP contribution in [0.4, 0.5) is 13.2 Å². The predicted molar refractivity (Wildman–Crippen MR) is 101 cm³/mol. The second kappa shape index (κ2) is 8.96. The van der Waals surface area contributed by atoms with Crippen LogP contribution in [0.1, 0.15) is 24.6 Å². The van der Waals surface area contributed by atoms with E-state index in [1.165, 1.54) is 23.5 Å². The van der Waals surface area contributed by atoms with Crippen LogP contribution in [0.5, 0.6) is 0 Å². The number of halogens is 3. The highest BCUT2D eigenvalue weighted by Gasteiger charge is 2.38. The first-order valence-corrected chi connectivity index (χ1v) is 11.0. The fourth-order valence-electron chi connectivity index (χ4n) is 3.59. The lowest BCUT2D eigenvalue weighted by Crippen LogP contribution is -2.45. The average molecular weight is 464 g/mol. The number of rotatable bonds is 4. The quantitative estimate of drug-likeness (QED) is 0.721. The summed E-state index contributed by atoms with van der Waals surface area (Å²) in [6.07, 6.45) is 2.17. The number of aliphatic carboxylic acids is 1. The van der Waals surface area contributed by atoms with Crippen molar-refractivity contribution in [1.29, 1.82) is 0 Å². The maximum absolute atomic E-state index is 12.9. The molecule has 0 amide bonds. The maximum Gasteiger partial charge on any atom is 0.490 e. The molecule has 1 N–H and O–H groups in total. The lowest BCUT2D eigenvalue weighted by molar-refractivity contribution is -0.192. The monoisotopic (exact) mass is 464 g/mol. The van der Waals surface area contributed by atoms with Gasteiger partial charge in [0.05, 0.1) is 24.6 Å². The Balaban J connectivity index is 0.000000339. The molecule has 0 aliphatic carbocycles. The van der Waals surface area contributed by atoms with Crippen molar-refractivity contribution in [2.45, 2.75) is 36.6 Å². The van der Waals surface area contributed by atoms with E-state index in [1.807, 2.05) is 10.7 Å². The summed E-state index contributed by atoms with van der Waals surface area (Å²) in [5.74, 6) is -2.76. The summed E-state index contributed by atoms with van der Waals surface area (Å²) in [7, 11) is -1.82. The fourth-order valence-corrected chi connectivity index (χ4v) is 5.00. The predicted octanol–water partition coefficient (Wildman–Crippen LogP) is 1.09. The van der Waals surface area contributed by atoms with Gasteiger partial charge in [-0.3, -0.25) is 4.68 Å². The van der Waals surface area contributed by atoms with Crippen molar-refractivity contribution in [3.05, 3.63) is 30.5 Å². The number of nitrogens with zero attached hydrogens (tertiary/aromatic N) is 6. The summed E-state index contributed by atoms with van der Waals surface area (Å²) in [5.41, 5.74) is 0.935. The zero-order valence-corrected chi connectivity index (χ0v) is 17.6. The molecular formula is C17H23F3N6O4S. The number of carboxylic acid groups (broad SMARTS) is 1. The molecule has 4 rings (SSSR count). The fraction of sp³-hybridized carbons (Fsp3) is 0.588. The van der Waals surface area contributed by atoms with Crippen LogP contribution in [0.15, 0.2) is 29.8 Å². The third-order valence-electron chi connectivity index (χ3n) is 5.05. The molecule has 2 aromatic rings. The molecule has 172 valence electrons. The molecule has 1 fully saturated rings. The van der Waals surface area contributed by atoms with Crippen LogP contribution in [-0.2, 0) is 28.4 Å². The summed E-state index contributed by atoms with van der Waals surface area (Å²) in [5, 5.41) is 11.7. The van der Waals surface area contributed by atoms with E-state index in [2.05, 4.69) is 15.0 Å². The molecule has 10 nitrogen and oxygen atoms in total. The zero-order valence-electron chi connectivity index (χ0n) is 16.7. The normalized spacial score (nSPS) is 20.2. The molecule has 2 aliphatic heterocycles. The van der Waals surface area contributed by atoms with Gasteiger partial charge in [0.1, 0.15) is 0 Å². The van der Waals surface area contributed by atoms with Crippen molar-refractivity contribution in [1.82, 2.24) is 28.5 Å². The van der Waals surface area contributed by atoms with Crippen LogP contribution >= 0.6 is 0 Å². The Kier molecular flexibility index (Phi) is 6.71. The van der Waals surface area contributed by atoms with Crippen molar-refractivity contribution in [3.8, 4) is 0 Å². The van der Waals surface area contributed by atoms with Gasteiger partial charge < -0.3 is 14.6 Å². The van der Waals surface area contributed by atoms with Crippen LogP contribution in [0, 0.1) is 0 Å². The third-order valence-corrected chi connectivity index (χ3v) is 6.74. The SMILES string of the molecule is Cn1cnc(S(=O)(=O)N2Cc3ccnn3C(CN3CCCC3)C2)c1.O=C(O)C(F)(F)F. The van der Waals surface area contributed by atoms with Crippen molar-refractivity contribution in [2.75, 3.05) is 26.2 Å². The van der Waals surface area contributed by atoms with E-state index < -0.39 is 22.2 Å². The Morgan fingerprint density at radius 1 is 1.29 bits per heavy atom. The summed E-state index contributed by atoms with van der Waals surface area (Å²) >= 11 is 0. The molecule has 31 heavy (non-hydrogen) atoms. The van der Waals surface area contributed by atoms with Gasteiger partial charge in [-0.15, -0.1) is 0 Å². The average Bonchev–Trinajstić information content (AvgIpc) is 3.42. The first-order chi connectivity index (χ1) is 14.5. The van der Waals surface area contributed by atoms with Gasteiger partial charge in [0.15, 0.2) is 5.03 Å². The van der Waals surface area contributed by atoms with E-state index in [4.69, 9.17) is 9.90 Å². The number of carboxylic acids is 1. The van der Waals surface area contributed by atoms with Crippen molar-refractivity contribution >= 4 is 16.0 Å². The summed E-state index contributed by atoms with van der Waals surface area (Å²) < 4.78 is 62.8. The number of imidazole rings is 1. The van der Waals surface area contributed by atoms with E-state index in [9.17, 15) is 21.6 Å². The van der Waals surface area contributed by atoms with E-state index in [0.717, 1.165) is 25.3 Å². The standard InChI is InChI=1S/C15H22N6O2S.C2HF3O2/c1-18-11-15(16-12-18)24(22,23)20-9-13-4-5-17-21(13)14(10-20)8-19-6-2-3-7-19;3-2(4,5)1(6)7/h4-5,11-12,14H,2-3,6-10H2,1H3;(H,6,7). The molecule has 0 radical (unpaired) electrons. The van der Waals surface area contributed by atoms with E-state index in [1.54, 1.807) is 24.0 Å². The zero-order chi connectivity index (χ0) is 22.8. The third kappa shape index (κ3) is 5.43. The number of hydrogen-bond acceptors (Lipinski definition) is 6. The number of alkyl halides is 3. The molecule has 4 heterocycles. The van der Waals surface area contributed by atoms with E-state index in [-0.39, 0.29) is 11.1 Å². The highest BCUT2D eigenvalue weighted by atomic mass is 32.2. The molecule has 1 saturated heterocycles. The van der Waals surface area contributed by atoms with Crippen molar-refractivity contribution in [2.24, 2.45) is 7.05 Å². The molecule has 0 spiro atoms. The molecule has 0 saturated carbocycles. The van der Waals surface area contributed by atoms with Gasteiger partial charge in [0.25, 0.3) is 10.0 Å². The van der Waals surface area contributed by atoms with Crippen molar-refractivity contribution < 1.29 is 31.5 Å². The Morgan fingerprint density at radius 2 is 1.94 bits per heavy atom. The van der Waals surface area contributed by atoms with Crippen LogP contribution < -0.4 is 0 Å². The molecule has 0 bridgehead atoms. The number of aromatic nitrogens is 4. The van der Waals surface area contributed by atoms with Gasteiger partial charge >= 0.3 is 12.1 Å². The molecular weight excluding hydrogens is 441 g/mol. The molecule has 1 unspecified atom stereocenters. The molecule has 14 heteroatoms. The first-order valence-electron chi connectivity index (χ1n) is 9.51. The Bertz CT molecular complexity index is 1010. The number of hydrogen-bond donors (Lipinski definition) is 1. The Hall–Kier alpha value is -2.45. The van der Waals surface area contributed by atoms with Crippen LogP contribution in [0.25, 0.3) is 0 Å². The second-order valence-corrected chi connectivity index (χ2v) is 9.29. The van der Waals surface area contributed by atoms with E-state index >= 15 is 0 Å². The van der Waals surface area contributed by atoms with Crippen LogP contribution in [0.3, 0.4) is 0 Å². The van der Waals surface area contributed by atoms with Gasteiger partial charge in [0.2, 0.25) is 0 Å². The second-order valence-electron chi connectivity index (χ2n) is 7.41. The maximum atomic E-state index is 12.9. The number of likely N-dealkylation sites (tertiary alicyclic amines) is 1. The molecule has 0 aromatic carbocycles. The highest BCUT2D eigenvalue weighted by molar-refractivity contribution is 7.89. The lowest BCUT2D eigenvalue weighted by Gasteiger charge is -2.34. The first kappa shape index (κ1) is 23.2. The van der Waals surface area contributed by atoms with Crippen LogP contribution in [-0.4, -0.2) is 80.4 Å². The Morgan fingerprint density at radius 3 is 2.48 bits per heavy atom. The summed E-state index contributed by atoms with van der Waals surface area (Å²) in [6, 6.07) is 1.94. The highest BCUT2D eigenvalue weighted by Crippen LogP contribution is 2.27. The van der Waals surface area contributed by atoms with Gasteiger partial charge in [-0.1, -0.05) is 0 Å². The van der Waals surface area contributed by atoms with Gasteiger partial charge in [-0.25, -0.2) is 18.2 Å². The van der Waals surface area contributed by atoms with Gasteiger partial charge in [-0.05, 0) is 32.0 Å². The minimum Gasteiger partial charge on any atom is -0.475 e. The van der Waals surface area contributed by atoms with E-state index in [0.29, 0.717) is 13.1 Å². The topological polar surface area (TPSA) is 114 Å². The molecule has 1 atom stereocenters. The number of sulfonamides is 1. The van der Waals surface area contributed by atoms with Gasteiger partial charge in [-0.2, -0.15) is 22.6 Å².